The van der Waals surface area contributed by atoms with Crippen LogP contribution in [-0.4, -0.2) is 19.7 Å². The first kappa shape index (κ1) is 27.6. The second-order valence-electron chi connectivity index (χ2n) is 7.44. The number of rotatable bonds is 9. The van der Waals surface area contributed by atoms with Crippen molar-refractivity contribution in [2.75, 3.05) is 18.7 Å². The van der Waals surface area contributed by atoms with Gasteiger partial charge in [0.15, 0.2) is 0 Å². The van der Waals surface area contributed by atoms with Gasteiger partial charge in [0.05, 0.1) is 31.5 Å². The second kappa shape index (κ2) is 13.9. The lowest BCUT2D eigenvalue weighted by Gasteiger charge is -2.24. The minimum absolute atomic E-state index is 0.0363. The van der Waals surface area contributed by atoms with Gasteiger partial charge in [0, 0.05) is 17.0 Å². The molecular weight excluding hydrogens is 458 g/mol. The quantitative estimate of drug-likeness (QED) is 0.120. The summed E-state index contributed by atoms with van der Waals surface area (Å²) >= 11 is 4.33. The maximum absolute atomic E-state index is 12.0. The van der Waals surface area contributed by atoms with Crippen LogP contribution in [0.4, 0.5) is 5.69 Å². The molecule has 0 radical (unpaired) electrons. The van der Waals surface area contributed by atoms with E-state index in [1.807, 2.05) is 72.8 Å². The number of carbonyl (C=O) groups excluding carboxylic acids is 1. The third-order valence-electron chi connectivity index (χ3n) is 5.18. The number of nitrogens with zero attached hydrogens (tertiary/aromatic N) is 1. The number of hydrogen-bond acceptors (Lipinski definition) is 7. The van der Waals surface area contributed by atoms with E-state index in [1.54, 1.807) is 14.0 Å². The van der Waals surface area contributed by atoms with Gasteiger partial charge in [0.1, 0.15) is 5.75 Å². The molecule has 0 aliphatic heterocycles. The molecule has 0 amide bonds. The average Bonchev–Trinajstić information content (AvgIpc) is 2.89. The Morgan fingerprint density at radius 2 is 1.49 bits per heavy atom. The van der Waals surface area contributed by atoms with Crippen molar-refractivity contribution in [2.45, 2.75) is 24.7 Å². The molecule has 0 bridgehead atoms. The number of carbonyl (C=O) groups is 1. The summed E-state index contributed by atoms with van der Waals surface area (Å²) in [5, 5.41) is 1.51. The third kappa shape index (κ3) is 7.95. The second-order valence-corrected chi connectivity index (χ2v) is 7.96. The van der Waals surface area contributed by atoms with Crippen LogP contribution in [0.5, 0.6) is 5.75 Å². The van der Waals surface area contributed by atoms with Gasteiger partial charge in [-0.15, -0.1) is 25.8 Å². The lowest BCUT2D eigenvalue weighted by molar-refractivity contribution is -0.142. The molecule has 6 nitrogen and oxygen atoms in total. The topological polar surface area (TPSA) is 90.8 Å². The van der Waals surface area contributed by atoms with Gasteiger partial charge in [0.2, 0.25) is 0 Å². The Balaban J connectivity index is 0.00000210. The van der Waals surface area contributed by atoms with Gasteiger partial charge in [-0.2, -0.15) is 0 Å². The first-order chi connectivity index (χ1) is 16.9. The maximum atomic E-state index is 12.0. The summed E-state index contributed by atoms with van der Waals surface area (Å²) < 4.78 is 10.3. The van der Waals surface area contributed by atoms with Crippen LogP contribution in [0.1, 0.15) is 18.9 Å². The molecule has 0 heterocycles. The van der Waals surface area contributed by atoms with E-state index in [-0.39, 0.29) is 12.4 Å². The largest absolute Gasteiger partial charge is 0.497 e. The fourth-order valence-electron chi connectivity index (χ4n) is 3.38. The minimum atomic E-state index is -0.388. The van der Waals surface area contributed by atoms with Crippen molar-refractivity contribution in [3.05, 3.63) is 103 Å². The average molecular weight is 492 g/mol. The van der Waals surface area contributed by atoms with Crippen LogP contribution >= 0.6 is 12.6 Å². The Kier molecular flexibility index (Phi) is 10.9. The summed E-state index contributed by atoms with van der Waals surface area (Å²) in [6.45, 7) is 8.06. The molecule has 0 aliphatic carbocycles. The SMILES string of the molecule is C=C.CCOC(=O)C/C(N)=C(\Cc1ccc(-c2ccc(OC)cc2)cc1)N(N)c1ccc(S)cc1. The van der Waals surface area contributed by atoms with E-state index in [9.17, 15) is 4.79 Å². The van der Waals surface area contributed by atoms with Crippen LogP contribution in [0.2, 0.25) is 0 Å². The Morgan fingerprint density at radius 3 is 2.00 bits per heavy atom. The molecule has 3 aromatic carbocycles. The summed E-state index contributed by atoms with van der Waals surface area (Å²) in [6.07, 6.45) is 0.415. The molecule has 0 atom stereocenters. The number of hydrogen-bond donors (Lipinski definition) is 3. The zero-order valence-corrected chi connectivity index (χ0v) is 21.1. The zero-order valence-electron chi connectivity index (χ0n) is 20.2. The van der Waals surface area contributed by atoms with E-state index in [4.69, 9.17) is 21.1 Å². The predicted molar refractivity (Wildman–Crippen MR) is 146 cm³/mol. The summed E-state index contributed by atoms with van der Waals surface area (Å²) in [5.74, 6) is 6.87. The van der Waals surface area contributed by atoms with Crippen molar-refractivity contribution in [1.29, 1.82) is 0 Å². The van der Waals surface area contributed by atoms with Crippen LogP contribution < -0.4 is 21.3 Å². The lowest BCUT2D eigenvalue weighted by atomic mass is 10.0. The zero-order chi connectivity index (χ0) is 25.8. The number of hydrazine groups is 1. The highest BCUT2D eigenvalue weighted by Gasteiger charge is 2.16. The van der Waals surface area contributed by atoms with E-state index in [0.29, 0.717) is 24.4 Å². The Morgan fingerprint density at radius 1 is 0.943 bits per heavy atom. The predicted octanol–water partition coefficient (Wildman–Crippen LogP) is 5.50. The minimum Gasteiger partial charge on any atom is -0.497 e. The highest BCUT2D eigenvalue weighted by Crippen LogP contribution is 2.26. The lowest BCUT2D eigenvalue weighted by Crippen LogP contribution is -2.34. The molecule has 0 spiro atoms. The molecule has 3 rings (SSSR count). The number of thiol groups is 1. The standard InChI is InChI=1S/C26H29N3O3S.C2H4/c1-3-32-26(30)17-24(27)25(29(28)21-10-14-23(33)15-11-21)16-18-4-6-19(7-5-18)20-8-12-22(31-2)13-9-20;1-2/h4-15,33H,3,16-17,27-28H2,1-2H3;1-2H2/b25-24-;. The van der Waals surface area contributed by atoms with E-state index in [2.05, 4.69) is 25.8 Å². The van der Waals surface area contributed by atoms with Crippen molar-refractivity contribution < 1.29 is 14.3 Å². The first-order valence-corrected chi connectivity index (χ1v) is 11.6. The highest BCUT2D eigenvalue weighted by atomic mass is 32.1. The Labute approximate surface area is 213 Å². The number of allylic oxidation sites excluding steroid dienone is 1. The van der Waals surface area contributed by atoms with Crippen molar-refractivity contribution in [3.8, 4) is 16.9 Å². The van der Waals surface area contributed by atoms with E-state index in [1.165, 1.54) is 5.01 Å². The smallest absolute Gasteiger partial charge is 0.311 e. The van der Waals surface area contributed by atoms with Gasteiger partial charge in [-0.3, -0.25) is 9.80 Å². The fraction of sp³-hybridized carbons (Fsp3) is 0.179. The van der Waals surface area contributed by atoms with Crippen LogP contribution in [0.25, 0.3) is 11.1 Å². The van der Waals surface area contributed by atoms with Crippen LogP contribution in [0.3, 0.4) is 0 Å². The van der Waals surface area contributed by atoms with Crippen molar-refractivity contribution in [1.82, 2.24) is 0 Å². The molecule has 0 unspecified atom stereocenters. The Bertz CT molecular complexity index is 1110. The number of benzene rings is 3. The van der Waals surface area contributed by atoms with Crippen LogP contribution in [-0.2, 0) is 16.0 Å². The van der Waals surface area contributed by atoms with E-state index in [0.717, 1.165) is 33.0 Å². The van der Waals surface area contributed by atoms with Crippen LogP contribution in [0.15, 0.2) is 102 Å². The summed E-state index contributed by atoms with van der Waals surface area (Å²) in [6, 6.07) is 23.5. The van der Waals surface area contributed by atoms with Gasteiger partial charge in [-0.25, -0.2) is 5.84 Å². The van der Waals surface area contributed by atoms with Crippen molar-refractivity contribution >= 4 is 24.3 Å². The van der Waals surface area contributed by atoms with E-state index >= 15 is 0 Å². The molecule has 35 heavy (non-hydrogen) atoms. The summed E-state index contributed by atoms with van der Waals surface area (Å²) in [7, 11) is 1.65. The van der Waals surface area contributed by atoms with Gasteiger partial charge >= 0.3 is 5.97 Å². The molecule has 4 N–H and O–H groups in total. The molecule has 0 fully saturated rings. The van der Waals surface area contributed by atoms with Gasteiger partial charge in [-0.05, 0) is 60.0 Å². The molecule has 0 saturated heterocycles. The molecular formula is C28H33N3O3S. The van der Waals surface area contributed by atoms with Crippen LogP contribution in [0, 0.1) is 0 Å². The molecule has 3 aromatic rings. The Hall–Kier alpha value is -3.68. The first-order valence-electron chi connectivity index (χ1n) is 11.1. The number of methoxy groups -OCH3 is 1. The third-order valence-corrected chi connectivity index (χ3v) is 5.48. The molecule has 0 aliphatic rings. The van der Waals surface area contributed by atoms with Gasteiger partial charge < -0.3 is 15.2 Å². The van der Waals surface area contributed by atoms with Gasteiger partial charge in [0.25, 0.3) is 0 Å². The van der Waals surface area contributed by atoms with Gasteiger partial charge in [-0.1, -0.05) is 36.4 Å². The summed E-state index contributed by atoms with van der Waals surface area (Å²) in [4.78, 5) is 12.9. The number of anilines is 1. The fourth-order valence-corrected chi connectivity index (χ4v) is 3.53. The highest BCUT2D eigenvalue weighted by molar-refractivity contribution is 7.80. The van der Waals surface area contributed by atoms with Crippen molar-refractivity contribution in [2.24, 2.45) is 11.6 Å². The molecule has 0 aromatic heterocycles. The normalized spacial score (nSPS) is 11.0. The number of esters is 1. The number of nitrogens with two attached hydrogens (primary N) is 2. The van der Waals surface area contributed by atoms with E-state index < -0.39 is 0 Å². The molecule has 0 saturated carbocycles. The monoisotopic (exact) mass is 491 g/mol. The molecule has 184 valence electrons. The maximum Gasteiger partial charge on any atom is 0.311 e. The van der Waals surface area contributed by atoms with Crippen molar-refractivity contribution in [3.63, 3.8) is 0 Å². The summed E-state index contributed by atoms with van der Waals surface area (Å²) in [5.41, 5.74) is 11.3. The molecule has 7 heteroatoms. The number of ether oxygens (including phenoxy) is 2.